The lowest BCUT2D eigenvalue weighted by molar-refractivity contribution is -0.141. The van der Waals surface area contributed by atoms with Gasteiger partial charge in [-0.2, -0.15) is 0 Å². The van der Waals surface area contributed by atoms with Crippen molar-refractivity contribution in [2.75, 3.05) is 6.54 Å². The van der Waals surface area contributed by atoms with Crippen molar-refractivity contribution in [3.05, 3.63) is 16.6 Å². The van der Waals surface area contributed by atoms with Crippen LogP contribution in [-0.2, 0) is 4.79 Å². The van der Waals surface area contributed by atoms with E-state index in [2.05, 4.69) is 15.6 Å². The second-order valence-electron chi connectivity index (χ2n) is 4.27. The van der Waals surface area contributed by atoms with Crippen LogP contribution in [0.4, 0.5) is 4.79 Å². The van der Waals surface area contributed by atoms with Crippen molar-refractivity contribution >= 4 is 23.3 Å². The van der Waals surface area contributed by atoms with E-state index >= 15 is 0 Å². The average molecular weight is 285 g/mol. The molecule has 0 radical (unpaired) electrons. The molecule has 0 saturated carbocycles. The second kappa shape index (κ2) is 7.73. The first-order valence-corrected chi connectivity index (χ1v) is 7.09. The largest absolute Gasteiger partial charge is 0.481 e. The lowest BCUT2D eigenvalue weighted by atomic mass is 10.0. The minimum Gasteiger partial charge on any atom is -0.481 e. The number of carbonyl (C=O) groups is 2. The van der Waals surface area contributed by atoms with Gasteiger partial charge in [-0.1, -0.05) is 13.3 Å². The van der Waals surface area contributed by atoms with Gasteiger partial charge in [0.1, 0.15) is 5.01 Å². The normalized spacial score (nSPS) is 13.6. The van der Waals surface area contributed by atoms with Crippen molar-refractivity contribution in [3.63, 3.8) is 0 Å². The molecule has 0 spiro atoms. The highest BCUT2D eigenvalue weighted by Crippen LogP contribution is 2.14. The molecule has 1 aromatic rings. The first kappa shape index (κ1) is 15.4. The van der Waals surface area contributed by atoms with Gasteiger partial charge in [0.05, 0.1) is 12.0 Å². The zero-order chi connectivity index (χ0) is 14.3. The van der Waals surface area contributed by atoms with Crippen LogP contribution in [0.1, 0.15) is 37.7 Å². The van der Waals surface area contributed by atoms with Gasteiger partial charge in [0.25, 0.3) is 0 Å². The molecule has 3 N–H and O–H groups in total. The summed E-state index contributed by atoms with van der Waals surface area (Å²) >= 11 is 1.46. The van der Waals surface area contributed by atoms with E-state index in [0.717, 1.165) is 11.4 Å². The molecule has 2 amide bonds. The molecule has 19 heavy (non-hydrogen) atoms. The summed E-state index contributed by atoms with van der Waals surface area (Å²) in [4.78, 5) is 26.7. The molecule has 0 aliphatic carbocycles. The topological polar surface area (TPSA) is 91.3 Å². The fourth-order valence-electron chi connectivity index (χ4n) is 1.63. The standard InChI is InChI=1S/C12H19N3O3S/c1-3-4-9(11(16)17)7-14-12(18)15-8(2)10-13-5-6-19-10/h5-6,8-9H,3-4,7H2,1-2H3,(H,16,17)(H2,14,15,18). The third-order valence-corrected chi connectivity index (χ3v) is 3.62. The Bertz CT molecular complexity index is 408. The van der Waals surface area contributed by atoms with Crippen LogP contribution < -0.4 is 10.6 Å². The molecule has 0 bridgehead atoms. The van der Waals surface area contributed by atoms with E-state index < -0.39 is 11.9 Å². The SMILES string of the molecule is CCCC(CNC(=O)NC(C)c1nccs1)C(=O)O. The summed E-state index contributed by atoms with van der Waals surface area (Å²) in [6.07, 6.45) is 3.01. The fourth-order valence-corrected chi connectivity index (χ4v) is 2.28. The third-order valence-electron chi connectivity index (χ3n) is 2.66. The lowest BCUT2D eigenvalue weighted by Crippen LogP contribution is -2.40. The van der Waals surface area contributed by atoms with Gasteiger partial charge < -0.3 is 15.7 Å². The van der Waals surface area contributed by atoms with Crippen molar-refractivity contribution in [3.8, 4) is 0 Å². The van der Waals surface area contributed by atoms with Crippen LogP contribution in [0.25, 0.3) is 0 Å². The quantitative estimate of drug-likeness (QED) is 0.714. The van der Waals surface area contributed by atoms with Crippen LogP contribution in [0.5, 0.6) is 0 Å². The number of urea groups is 1. The van der Waals surface area contributed by atoms with Crippen molar-refractivity contribution in [2.45, 2.75) is 32.7 Å². The highest BCUT2D eigenvalue weighted by Gasteiger charge is 2.18. The molecule has 1 rings (SSSR count). The van der Waals surface area contributed by atoms with Gasteiger partial charge in [0, 0.05) is 18.1 Å². The van der Waals surface area contributed by atoms with Gasteiger partial charge >= 0.3 is 12.0 Å². The number of carboxylic acids is 1. The Balaban J connectivity index is 2.36. The van der Waals surface area contributed by atoms with Gasteiger partial charge in [0.15, 0.2) is 0 Å². The van der Waals surface area contributed by atoms with Crippen molar-refractivity contribution in [1.29, 1.82) is 0 Å². The number of carbonyl (C=O) groups excluding carboxylic acids is 1. The van der Waals surface area contributed by atoms with E-state index in [0.29, 0.717) is 6.42 Å². The summed E-state index contributed by atoms with van der Waals surface area (Å²) in [6.45, 7) is 3.89. The molecule has 0 aliphatic rings. The zero-order valence-corrected chi connectivity index (χ0v) is 11.9. The summed E-state index contributed by atoms with van der Waals surface area (Å²) in [6, 6.07) is -0.556. The molecule has 6 nitrogen and oxygen atoms in total. The second-order valence-corrected chi connectivity index (χ2v) is 5.20. The van der Waals surface area contributed by atoms with Crippen LogP contribution >= 0.6 is 11.3 Å². The van der Waals surface area contributed by atoms with Crippen LogP contribution in [0.3, 0.4) is 0 Å². The summed E-state index contributed by atoms with van der Waals surface area (Å²) in [5.74, 6) is -1.42. The number of rotatable bonds is 7. The molecule has 0 aliphatic heterocycles. The molecule has 0 aromatic carbocycles. The fraction of sp³-hybridized carbons (Fsp3) is 0.583. The maximum Gasteiger partial charge on any atom is 0.315 e. The zero-order valence-electron chi connectivity index (χ0n) is 11.0. The van der Waals surface area contributed by atoms with Crippen molar-refractivity contribution in [1.82, 2.24) is 15.6 Å². The maximum absolute atomic E-state index is 11.6. The number of hydrogen-bond donors (Lipinski definition) is 3. The van der Waals surface area contributed by atoms with Gasteiger partial charge in [-0.25, -0.2) is 9.78 Å². The van der Waals surface area contributed by atoms with E-state index in [-0.39, 0.29) is 18.6 Å². The molecular formula is C12H19N3O3S. The highest BCUT2D eigenvalue weighted by molar-refractivity contribution is 7.09. The molecule has 0 fully saturated rings. The molecule has 0 saturated heterocycles. The number of carboxylic acid groups (broad SMARTS) is 1. The summed E-state index contributed by atoms with van der Waals surface area (Å²) in [5.41, 5.74) is 0. The van der Waals surface area contributed by atoms with Crippen molar-refractivity contribution < 1.29 is 14.7 Å². The van der Waals surface area contributed by atoms with Crippen LogP contribution in [-0.4, -0.2) is 28.6 Å². The number of nitrogens with one attached hydrogen (secondary N) is 2. The molecule has 2 unspecified atom stereocenters. The number of aromatic nitrogens is 1. The Hall–Kier alpha value is -1.63. The minimum atomic E-state index is -0.880. The van der Waals surface area contributed by atoms with Crippen LogP contribution in [0.2, 0.25) is 0 Å². The van der Waals surface area contributed by atoms with Gasteiger partial charge in [0.2, 0.25) is 0 Å². The molecule has 1 heterocycles. The predicted octanol–water partition coefficient (Wildman–Crippen LogP) is 2.00. The predicted molar refractivity (Wildman–Crippen MR) is 73.1 cm³/mol. The number of hydrogen-bond acceptors (Lipinski definition) is 4. The summed E-state index contributed by atoms with van der Waals surface area (Å²) in [5, 5.41) is 16.9. The van der Waals surface area contributed by atoms with E-state index in [1.165, 1.54) is 11.3 Å². The molecule has 106 valence electrons. The monoisotopic (exact) mass is 285 g/mol. The number of thiazole rings is 1. The average Bonchev–Trinajstić information content (AvgIpc) is 2.87. The Morgan fingerprint density at radius 3 is 2.79 bits per heavy atom. The van der Waals surface area contributed by atoms with Gasteiger partial charge in [-0.05, 0) is 13.3 Å². The van der Waals surface area contributed by atoms with E-state index in [4.69, 9.17) is 5.11 Å². The number of aliphatic carboxylic acids is 1. The first-order chi connectivity index (χ1) is 9.04. The van der Waals surface area contributed by atoms with Crippen LogP contribution in [0.15, 0.2) is 11.6 Å². The Morgan fingerprint density at radius 1 is 1.53 bits per heavy atom. The lowest BCUT2D eigenvalue weighted by Gasteiger charge is -2.15. The van der Waals surface area contributed by atoms with Gasteiger partial charge in [-0.3, -0.25) is 4.79 Å². The van der Waals surface area contributed by atoms with Crippen molar-refractivity contribution in [2.24, 2.45) is 5.92 Å². The molecule has 2 atom stereocenters. The Labute approximate surface area is 116 Å². The summed E-state index contributed by atoms with van der Waals surface area (Å²) in [7, 11) is 0. The van der Waals surface area contributed by atoms with E-state index in [9.17, 15) is 9.59 Å². The Kier molecular flexibility index (Phi) is 6.27. The molecule has 7 heteroatoms. The third kappa shape index (κ3) is 5.25. The number of nitrogens with zero attached hydrogens (tertiary/aromatic N) is 1. The van der Waals surface area contributed by atoms with Gasteiger partial charge in [-0.15, -0.1) is 11.3 Å². The summed E-state index contributed by atoms with van der Waals surface area (Å²) < 4.78 is 0. The van der Waals surface area contributed by atoms with Crippen LogP contribution in [0, 0.1) is 5.92 Å². The highest BCUT2D eigenvalue weighted by atomic mass is 32.1. The smallest absolute Gasteiger partial charge is 0.315 e. The maximum atomic E-state index is 11.6. The minimum absolute atomic E-state index is 0.138. The van der Waals surface area contributed by atoms with E-state index in [1.807, 2.05) is 19.2 Å². The molecule has 1 aromatic heterocycles. The van der Waals surface area contributed by atoms with E-state index in [1.54, 1.807) is 6.20 Å². The Morgan fingerprint density at radius 2 is 2.26 bits per heavy atom. The first-order valence-electron chi connectivity index (χ1n) is 6.21. The number of amides is 2. The molecular weight excluding hydrogens is 266 g/mol.